The Bertz CT molecular complexity index is 359. The first-order chi connectivity index (χ1) is 8.67. The van der Waals surface area contributed by atoms with E-state index >= 15 is 0 Å². The Hall–Kier alpha value is -0.380. The molecule has 0 bridgehead atoms. The molecule has 1 fully saturated rings. The van der Waals surface area contributed by atoms with Gasteiger partial charge in [0.15, 0.2) is 0 Å². The van der Waals surface area contributed by atoms with Crippen LogP contribution in [0.4, 0.5) is 0 Å². The van der Waals surface area contributed by atoms with E-state index in [0.29, 0.717) is 6.04 Å². The van der Waals surface area contributed by atoms with E-state index in [9.17, 15) is 0 Å². The van der Waals surface area contributed by atoms with Crippen molar-refractivity contribution in [2.45, 2.75) is 52.7 Å². The lowest BCUT2D eigenvalue weighted by Crippen LogP contribution is -2.21. The second kappa shape index (κ2) is 6.69. The van der Waals surface area contributed by atoms with Gasteiger partial charge in [-0.3, -0.25) is 4.90 Å². The number of rotatable bonds is 6. The third-order valence-corrected chi connectivity index (χ3v) is 4.80. The molecule has 3 heteroatoms. The number of hydrogen-bond donors (Lipinski definition) is 1. The highest BCUT2D eigenvalue weighted by Gasteiger charge is 2.21. The normalized spacial score (nSPS) is 21.0. The van der Waals surface area contributed by atoms with Gasteiger partial charge >= 0.3 is 0 Å². The number of likely N-dealkylation sites (tertiary alicyclic amines) is 1. The minimum atomic E-state index is 0.569. The summed E-state index contributed by atoms with van der Waals surface area (Å²) in [6, 6.07) is 5.16. The first-order valence-corrected chi connectivity index (χ1v) is 8.02. The lowest BCUT2D eigenvalue weighted by atomic mass is 10.1. The molecule has 0 aromatic carbocycles. The summed E-state index contributed by atoms with van der Waals surface area (Å²) in [7, 11) is 0. The number of hydrogen-bond acceptors (Lipinski definition) is 3. The Balaban J connectivity index is 1.80. The Morgan fingerprint density at radius 1 is 1.39 bits per heavy atom. The van der Waals surface area contributed by atoms with Gasteiger partial charge in [0, 0.05) is 35.4 Å². The Labute approximate surface area is 115 Å². The molecule has 18 heavy (non-hydrogen) atoms. The standard InChI is InChI=1S/C15H26N2S/c1-4-13-7-8-17(10-13)11-15-6-5-14(18-15)9-16-12(2)3/h5-6,12-13,16H,4,7-11H2,1-3H3. The molecule has 1 N–H and O–H groups in total. The van der Waals surface area contributed by atoms with Crippen LogP contribution in [-0.4, -0.2) is 24.0 Å². The van der Waals surface area contributed by atoms with Crippen molar-refractivity contribution in [3.8, 4) is 0 Å². The minimum Gasteiger partial charge on any atom is -0.310 e. The van der Waals surface area contributed by atoms with Gasteiger partial charge < -0.3 is 5.32 Å². The van der Waals surface area contributed by atoms with Gasteiger partial charge in [0.2, 0.25) is 0 Å². The SMILES string of the molecule is CCC1CCN(Cc2ccc(CNC(C)C)s2)C1. The van der Waals surface area contributed by atoms with Gasteiger partial charge in [-0.2, -0.15) is 0 Å². The minimum absolute atomic E-state index is 0.569. The fourth-order valence-electron chi connectivity index (χ4n) is 2.52. The average Bonchev–Trinajstić information content (AvgIpc) is 2.96. The summed E-state index contributed by atoms with van der Waals surface area (Å²) in [5.74, 6) is 0.937. The van der Waals surface area contributed by atoms with Crippen LogP contribution in [0.1, 0.15) is 43.4 Å². The van der Waals surface area contributed by atoms with Crippen LogP contribution < -0.4 is 5.32 Å². The molecular weight excluding hydrogens is 240 g/mol. The third kappa shape index (κ3) is 4.08. The van der Waals surface area contributed by atoms with E-state index in [1.165, 1.54) is 35.7 Å². The summed E-state index contributed by atoms with van der Waals surface area (Å²) in [5, 5.41) is 3.48. The van der Waals surface area contributed by atoms with Crippen molar-refractivity contribution >= 4 is 11.3 Å². The molecule has 0 spiro atoms. The largest absolute Gasteiger partial charge is 0.310 e. The Morgan fingerprint density at radius 2 is 2.17 bits per heavy atom. The van der Waals surface area contributed by atoms with Gasteiger partial charge in [-0.15, -0.1) is 11.3 Å². The molecule has 0 saturated carbocycles. The lowest BCUT2D eigenvalue weighted by molar-refractivity contribution is 0.318. The van der Waals surface area contributed by atoms with Crippen LogP contribution in [0.15, 0.2) is 12.1 Å². The van der Waals surface area contributed by atoms with Crippen LogP contribution in [-0.2, 0) is 13.1 Å². The molecule has 2 heterocycles. The van der Waals surface area contributed by atoms with Crippen LogP contribution in [0.3, 0.4) is 0 Å². The first-order valence-electron chi connectivity index (χ1n) is 7.20. The van der Waals surface area contributed by atoms with Crippen molar-refractivity contribution in [2.75, 3.05) is 13.1 Å². The fraction of sp³-hybridized carbons (Fsp3) is 0.733. The van der Waals surface area contributed by atoms with Gasteiger partial charge in [0.1, 0.15) is 0 Å². The number of nitrogens with zero attached hydrogens (tertiary/aromatic N) is 1. The second-order valence-corrected chi connectivity index (χ2v) is 6.95. The zero-order valence-electron chi connectivity index (χ0n) is 11.9. The highest BCUT2D eigenvalue weighted by Crippen LogP contribution is 2.24. The summed E-state index contributed by atoms with van der Waals surface area (Å²) in [6.45, 7) is 11.5. The van der Waals surface area contributed by atoms with Crippen LogP contribution in [0, 0.1) is 5.92 Å². The van der Waals surface area contributed by atoms with E-state index in [1.54, 1.807) is 0 Å². The number of thiophene rings is 1. The van der Waals surface area contributed by atoms with Crippen molar-refractivity contribution in [2.24, 2.45) is 5.92 Å². The zero-order valence-corrected chi connectivity index (χ0v) is 12.7. The van der Waals surface area contributed by atoms with E-state index in [2.05, 4.69) is 43.1 Å². The monoisotopic (exact) mass is 266 g/mol. The van der Waals surface area contributed by atoms with Crippen LogP contribution >= 0.6 is 11.3 Å². The molecule has 1 saturated heterocycles. The maximum absolute atomic E-state index is 3.48. The summed E-state index contributed by atoms with van der Waals surface area (Å²) < 4.78 is 0. The summed E-state index contributed by atoms with van der Waals surface area (Å²) in [4.78, 5) is 5.59. The molecule has 0 amide bonds. The quantitative estimate of drug-likeness (QED) is 0.848. The average molecular weight is 266 g/mol. The van der Waals surface area contributed by atoms with Crippen LogP contribution in [0.2, 0.25) is 0 Å². The van der Waals surface area contributed by atoms with E-state index in [4.69, 9.17) is 0 Å². The van der Waals surface area contributed by atoms with Crippen molar-refractivity contribution in [3.05, 3.63) is 21.9 Å². The molecule has 1 aliphatic rings. The fourth-order valence-corrected chi connectivity index (χ4v) is 3.53. The number of nitrogens with one attached hydrogen (secondary N) is 1. The van der Waals surface area contributed by atoms with Crippen LogP contribution in [0.25, 0.3) is 0 Å². The summed E-state index contributed by atoms with van der Waals surface area (Å²) in [6.07, 6.45) is 2.73. The molecule has 1 aromatic heterocycles. The molecule has 2 rings (SSSR count). The van der Waals surface area contributed by atoms with Crippen molar-refractivity contribution < 1.29 is 0 Å². The van der Waals surface area contributed by atoms with Gasteiger partial charge in [-0.25, -0.2) is 0 Å². The zero-order chi connectivity index (χ0) is 13.0. The second-order valence-electron chi connectivity index (χ2n) is 5.70. The Morgan fingerprint density at radius 3 is 2.83 bits per heavy atom. The molecule has 1 unspecified atom stereocenters. The molecule has 2 nitrogen and oxygen atoms in total. The molecule has 0 aliphatic carbocycles. The lowest BCUT2D eigenvalue weighted by Gasteiger charge is -2.14. The van der Waals surface area contributed by atoms with Gasteiger partial charge in [0.25, 0.3) is 0 Å². The van der Waals surface area contributed by atoms with Gasteiger partial charge in [-0.1, -0.05) is 27.2 Å². The van der Waals surface area contributed by atoms with Crippen molar-refractivity contribution in [3.63, 3.8) is 0 Å². The molecule has 1 aromatic rings. The van der Waals surface area contributed by atoms with Crippen LogP contribution in [0.5, 0.6) is 0 Å². The molecule has 1 atom stereocenters. The van der Waals surface area contributed by atoms with E-state index in [1.807, 2.05) is 11.3 Å². The Kier molecular flexibility index (Phi) is 5.22. The summed E-state index contributed by atoms with van der Waals surface area (Å²) in [5.41, 5.74) is 0. The van der Waals surface area contributed by atoms with E-state index in [0.717, 1.165) is 19.0 Å². The topological polar surface area (TPSA) is 15.3 Å². The van der Waals surface area contributed by atoms with Gasteiger partial charge in [0.05, 0.1) is 0 Å². The first kappa shape index (κ1) is 14.0. The molecule has 0 radical (unpaired) electrons. The predicted molar refractivity (Wildman–Crippen MR) is 80.0 cm³/mol. The highest BCUT2D eigenvalue weighted by molar-refractivity contribution is 7.11. The van der Waals surface area contributed by atoms with E-state index in [-0.39, 0.29) is 0 Å². The predicted octanol–water partition coefficient (Wildman–Crippen LogP) is 3.48. The molecular formula is C15H26N2S. The van der Waals surface area contributed by atoms with Crippen molar-refractivity contribution in [1.82, 2.24) is 10.2 Å². The van der Waals surface area contributed by atoms with Gasteiger partial charge in [-0.05, 0) is 31.0 Å². The third-order valence-electron chi connectivity index (χ3n) is 3.73. The smallest absolute Gasteiger partial charge is 0.0328 e. The van der Waals surface area contributed by atoms with E-state index < -0.39 is 0 Å². The maximum atomic E-state index is 3.48. The molecule has 1 aliphatic heterocycles. The summed E-state index contributed by atoms with van der Waals surface area (Å²) >= 11 is 1.97. The van der Waals surface area contributed by atoms with Crippen molar-refractivity contribution in [1.29, 1.82) is 0 Å². The maximum Gasteiger partial charge on any atom is 0.0328 e. The highest BCUT2D eigenvalue weighted by atomic mass is 32.1. The molecule has 102 valence electrons.